The van der Waals surface area contributed by atoms with E-state index in [1.165, 1.54) is 37.1 Å². The molecule has 0 aromatic carbocycles. The second-order valence-electron chi connectivity index (χ2n) is 5.34. The van der Waals surface area contributed by atoms with Gasteiger partial charge in [0.05, 0.1) is 23.9 Å². The average Bonchev–Trinajstić information content (AvgIpc) is 3.04. The molecule has 3 rings (SSSR count). The summed E-state index contributed by atoms with van der Waals surface area (Å²) in [4.78, 5) is 6.98. The van der Waals surface area contributed by atoms with Crippen LogP contribution in [-0.2, 0) is 13.1 Å². The average molecular weight is 276 g/mol. The molecular weight excluding hydrogens is 256 g/mol. The molecule has 0 radical (unpaired) electrons. The molecule has 1 saturated heterocycles. The number of aryl methyl sites for hydroxylation is 1. The van der Waals surface area contributed by atoms with Gasteiger partial charge in [-0.15, -0.1) is 11.3 Å². The smallest absolute Gasteiger partial charge is 0.0795 e. The Morgan fingerprint density at radius 3 is 3.11 bits per heavy atom. The Kier molecular flexibility index (Phi) is 3.94. The van der Waals surface area contributed by atoms with Crippen LogP contribution in [0.25, 0.3) is 0 Å². The van der Waals surface area contributed by atoms with E-state index < -0.39 is 0 Å². The van der Waals surface area contributed by atoms with Crippen molar-refractivity contribution in [1.29, 1.82) is 0 Å². The van der Waals surface area contributed by atoms with Crippen molar-refractivity contribution in [1.82, 2.24) is 19.7 Å². The number of hydrogen-bond acceptors (Lipinski definition) is 4. The maximum absolute atomic E-state index is 4.42. The van der Waals surface area contributed by atoms with Crippen LogP contribution in [0.3, 0.4) is 0 Å². The molecule has 2 aromatic heterocycles. The van der Waals surface area contributed by atoms with E-state index in [4.69, 9.17) is 0 Å². The highest BCUT2D eigenvalue weighted by Gasteiger charge is 2.23. The molecule has 3 heterocycles. The maximum Gasteiger partial charge on any atom is 0.0795 e. The zero-order valence-corrected chi connectivity index (χ0v) is 12.1. The zero-order valence-electron chi connectivity index (χ0n) is 11.3. The molecule has 1 fully saturated rings. The van der Waals surface area contributed by atoms with Gasteiger partial charge in [0.1, 0.15) is 0 Å². The molecule has 4 nitrogen and oxygen atoms in total. The minimum absolute atomic E-state index is 0.592. The van der Waals surface area contributed by atoms with Crippen molar-refractivity contribution in [3.63, 3.8) is 0 Å². The molecule has 1 aliphatic rings. The van der Waals surface area contributed by atoms with Gasteiger partial charge in [-0.1, -0.05) is 6.42 Å². The van der Waals surface area contributed by atoms with Crippen LogP contribution in [0.4, 0.5) is 0 Å². The van der Waals surface area contributed by atoms with E-state index >= 15 is 0 Å². The predicted octanol–water partition coefficient (Wildman–Crippen LogP) is 2.70. The molecule has 0 saturated carbocycles. The molecule has 5 heteroatoms. The van der Waals surface area contributed by atoms with Crippen molar-refractivity contribution < 1.29 is 0 Å². The summed E-state index contributed by atoms with van der Waals surface area (Å²) in [6.45, 7) is 5.26. The van der Waals surface area contributed by atoms with E-state index in [0.717, 1.165) is 13.1 Å². The molecule has 19 heavy (non-hydrogen) atoms. The van der Waals surface area contributed by atoms with Crippen LogP contribution in [0.1, 0.15) is 30.5 Å². The monoisotopic (exact) mass is 276 g/mol. The molecule has 1 aliphatic heterocycles. The van der Waals surface area contributed by atoms with Crippen LogP contribution in [0.15, 0.2) is 23.3 Å². The summed E-state index contributed by atoms with van der Waals surface area (Å²) in [6, 6.07) is 0.592. The Balaban J connectivity index is 1.66. The normalized spacial score (nSPS) is 20.8. The van der Waals surface area contributed by atoms with Crippen LogP contribution in [0.5, 0.6) is 0 Å². The number of piperidine rings is 1. The highest BCUT2D eigenvalue weighted by atomic mass is 32.1. The van der Waals surface area contributed by atoms with Crippen LogP contribution in [-0.4, -0.2) is 32.3 Å². The first-order valence-corrected chi connectivity index (χ1v) is 7.86. The molecule has 0 N–H and O–H groups in total. The van der Waals surface area contributed by atoms with Crippen LogP contribution >= 0.6 is 11.3 Å². The van der Waals surface area contributed by atoms with E-state index in [0.29, 0.717) is 6.04 Å². The first-order chi connectivity index (χ1) is 9.31. The molecule has 0 amide bonds. The highest BCUT2D eigenvalue weighted by molar-refractivity contribution is 7.07. The van der Waals surface area contributed by atoms with Crippen molar-refractivity contribution in [2.75, 3.05) is 6.54 Å². The molecule has 0 bridgehead atoms. The summed E-state index contributed by atoms with van der Waals surface area (Å²) in [5, 5.41) is 6.57. The number of nitrogens with zero attached hydrogens (tertiary/aromatic N) is 4. The second kappa shape index (κ2) is 5.84. The third-order valence-electron chi connectivity index (χ3n) is 3.76. The standard InChI is InChI=1S/C14H20N4S/c1-12-6-16-18(7-12)9-14-4-2-3-5-17(14)8-13-10-19-11-15-13/h6-7,10-11,14H,2-5,8-9H2,1H3. The van der Waals surface area contributed by atoms with Gasteiger partial charge in [0, 0.05) is 24.2 Å². The Hall–Kier alpha value is -1.20. The minimum Gasteiger partial charge on any atom is -0.293 e. The van der Waals surface area contributed by atoms with E-state index in [-0.39, 0.29) is 0 Å². The number of rotatable bonds is 4. The fourth-order valence-electron chi connectivity index (χ4n) is 2.78. The predicted molar refractivity (Wildman–Crippen MR) is 77.1 cm³/mol. The number of aromatic nitrogens is 3. The molecule has 0 spiro atoms. The van der Waals surface area contributed by atoms with Crippen molar-refractivity contribution in [2.45, 2.75) is 45.3 Å². The van der Waals surface area contributed by atoms with Gasteiger partial charge in [0.2, 0.25) is 0 Å². The quantitative estimate of drug-likeness (QED) is 0.861. The fraction of sp³-hybridized carbons (Fsp3) is 0.571. The summed E-state index contributed by atoms with van der Waals surface area (Å²) >= 11 is 1.68. The lowest BCUT2D eigenvalue weighted by atomic mass is 10.0. The van der Waals surface area contributed by atoms with Gasteiger partial charge in [-0.2, -0.15) is 5.10 Å². The summed E-state index contributed by atoms with van der Waals surface area (Å²) in [5.74, 6) is 0. The first kappa shape index (κ1) is 12.8. The SMILES string of the molecule is Cc1cnn(CC2CCCCN2Cc2cscn2)c1. The summed E-state index contributed by atoms with van der Waals surface area (Å²) in [6.07, 6.45) is 7.98. The Morgan fingerprint density at radius 1 is 1.42 bits per heavy atom. The van der Waals surface area contributed by atoms with Crippen LogP contribution in [0.2, 0.25) is 0 Å². The van der Waals surface area contributed by atoms with Gasteiger partial charge in [-0.3, -0.25) is 9.58 Å². The third-order valence-corrected chi connectivity index (χ3v) is 4.39. The summed E-state index contributed by atoms with van der Waals surface area (Å²) in [5.41, 5.74) is 4.36. The van der Waals surface area contributed by atoms with E-state index in [9.17, 15) is 0 Å². The van der Waals surface area contributed by atoms with Gasteiger partial charge < -0.3 is 0 Å². The van der Waals surface area contributed by atoms with E-state index in [2.05, 4.69) is 38.2 Å². The lowest BCUT2D eigenvalue weighted by Gasteiger charge is -2.35. The zero-order chi connectivity index (χ0) is 13.1. The second-order valence-corrected chi connectivity index (χ2v) is 6.06. The number of likely N-dealkylation sites (tertiary alicyclic amines) is 1. The van der Waals surface area contributed by atoms with Crippen molar-refractivity contribution in [3.05, 3.63) is 34.5 Å². The van der Waals surface area contributed by atoms with Gasteiger partial charge in [0.25, 0.3) is 0 Å². The van der Waals surface area contributed by atoms with Crippen molar-refractivity contribution >= 4 is 11.3 Å². The highest BCUT2D eigenvalue weighted by Crippen LogP contribution is 2.21. The van der Waals surface area contributed by atoms with Gasteiger partial charge in [0.15, 0.2) is 0 Å². The lowest BCUT2D eigenvalue weighted by Crippen LogP contribution is -2.41. The summed E-state index contributed by atoms with van der Waals surface area (Å²) in [7, 11) is 0. The third kappa shape index (κ3) is 3.22. The number of hydrogen-bond donors (Lipinski definition) is 0. The van der Waals surface area contributed by atoms with Crippen LogP contribution < -0.4 is 0 Å². The van der Waals surface area contributed by atoms with Gasteiger partial charge in [-0.25, -0.2) is 4.98 Å². The van der Waals surface area contributed by atoms with E-state index in [1.54, 1.807) is 11.3 Å². The largest absolute Gasteiger partial charge is 0.293 e. The first-order valence-electron chi connectivity index (χ1n) is 6.91. The molecule has 1 atom stereocenters. The Morgan fingerprint density at radius 2 is 2.37 bits per heavy atom. The van der Waals surface area contributed by atoms with E-state index in [1.807, 2.05) is 11.7 Å². The van der Waals surface area contributed by atoms with Gasteiger partial charge in [-0.05, 0) is 31.9 Å². The minimum atomic E-state index is 0.592. The lowest BCUT2D eigenvalue weighted by molar-refractivity contribution is 0.120. The number of thiazole rings is 1. The van der Waals surface area contributed by atoms with Crippen LogP contribution in [0, 0.1) is 6.92 Å². The Labute approximate surface area is 118 Å². The molecule has 0 aliphatic carbocycles. The van der Waals surface area contributed by atoms with Gasteiger partial charge >= 0.3 is 0 Å². The fourth-order valence-corrected chi connectivity index (χ4v) is 3.33. The van der Waals surface area contributed by atoms with Crippen molar-refractivity contribution in [2.24, 2.45) is 0 Å². The maximum atomic E-state index is 4.42. The molecule has 102 valence electrons. The molecule has 2 aromatic rings. The topological polar surface area (TPSA) is 34.0 Å². The molecule has 1 unspecified atom stereocenters. The molecular formula is C14H20N4S. The Bertz CT molecular complexity index is 505. The summed E-state index contributed by atoms with van der Waals surface area (Å²) < 4.78 is 2.08. The van der Waals surface area contributed by atoms with Crippen molar-refractivity contribution in [3.8, 4) is 0 Å².